The SMILES string of the molecule is CO[C@@]1(C(=O)OC(c2ccccc2)c2ccccc2)C[C@H](O[Si](C)(C)C(C)(C)C)[C@@H](NC(C)=O)[C@H]([C@H](O)[C@H]2COC(C)(C)O2)O1. The highest BCUT2D eigenvalue weighted by Crippen LogP contribution is 2.43. The van der Waals surface area contributed by atoms with Crippen molar-refractivity contribution >= 4 is 20.2 Å². The molecule has 0 unspecified atom stereocenters. The summed E-state index contributed by atoms with van der Waals surface area (Å²) < 4.78 is 37.3. The molecule has 2 aromatic rings. The van der Waals surface area contributed by atoms with Crippen LogP contribution in [0.15, 0.2) is 60.7 Å². The van der Waals surface area contributed by atoms with Crippen molar-refractivity contribution < 1.29 is 42.8 Å². The number of aliphatic hydroxyl groups excluding tert-OH is 1. The van der Waals surface area contributed by atoms with Crippen LogP contribution in [0.5, 0.6) is 0 Å². The lowest BCUT2D eigenvalue weighted by Gasteiger charge is -2.51. The zero-order valence-electron chi connectivity index (χ0n) is 27.9. The van der Waals surface area contributed by atoms with Gasteiger partial charge in [-0.15, -0.1) is 0 Å². The van der Waals surface area contributed by atoms with E-state index in [1.807, 2.05) is 60.7 Å². The fourth-order valence-electron chi connectivity index (χ4n) is 5.53. The first kappa shape index (κ1) is 35.2. The Morgan fingerprint density at radius 1 is 1.00 bits per heavy atom. The molecule has 6 atom stereocenters. The minimum Gasteiger partial charge on any atom is -0.449 e. The maximum atomic E-state index is 14.4. The van der Waals surface area contributed by atoms with E-state index in [9.17, 15) is 14.7 Å². The normalized spacial score (nSPS) is 27.6. The third-order valence-electron chi connectivity index (χ3n) is 8.99. The van der Waals surface area contributed by atoms with E-state index in [1.165, 1.54) is 14.0 Å². The molecule has 4 rings (SSSR count). The summed E-state index contributed by atoms with van der Waals surface area (Å²) in [4.78, 5) is 27.0. The number of rotatable bonds is 10. The van der Waals surface area contributed by atoms with Crippen LogP contribution in [0.2, 0.25) is 18.1 Å². The highest BCUT2D eigenvalue weighted by atomic mass is 28.4. The Bertz CT molecular complexity index is 1260. The molecule has 0 aromatic heterocycles. The first-order valence-electron chi connectivity index (χ1n) is 15.5. The average Bonchev–Trinajstić information content (AvgIpc) is 3.35. The summed E-state index contributed by atoms with van der Waals surface area (Å²) in [7, 11) is -1.14. The number of hydrogen-bond donors (Lipinski definition) is 2. The molecule has 2 aliphatic rings. The van der Waals surface area contributed by atoms with Gasteiger partial charge < -0.3 is 38.5 Å². The van der Waals surface area contributed by atoms with Gasteiger partial charge in [0.05, 0.1) is 18.8 Å². The number of carbonyl (C=O) groups is 2. The second-order valence-electron chi connectivity index (χ2n) is 13.9. The Balaban J connectivity index is 1.77. The van der Waals surface area contributed by atoms with Crippen LogP contribution in [-0.4, -0.2) is 81.0 Å². The fourth-order valence-corrected chi connectivity index (χ4v) is 6.87. The lowest BCUT2D eigenvalue weighted by atomic mass is 9.88. The monoisotopic (exact) mass is 643 g/mol. The van der Waals surface area contributed by atoms with Crippen LogP contribution in [0, 0.1) is 0 Å². The van der Waals surface area contributed by atoms with Crippen molar-refractivity contribution in [3.63, 3.8) is 0 Å². The molecular formula is C34H49NO9Si. The summed E-state index contributed by atoms with van der Waals surface area (Å²) in [6.45, 7) is 15.5. The van der Waals surface area contributed by atoms with Crippen LogP contribution in [0.1, 0.15) is 65.2 Å². The van der Waals surface area contributed by atoms with Crippen molar-refractivity contribution in [2.24, 2.45) is 0 Å². The summed E-state index contributed by atoms with van der Waals surface area (Å²) in [5.41, 5.74) is 1.53. The summed E-state index contributed by atoms with van der Waals surface area (Å²) in [5, 5.41) is 14.5. The van der Waals surface area contributed by atoms with Crippen molar-refractivity contribution in [1.82, 2.24) is 5.32 Å². The molecule has 0 spiro atoms. The molecule has 0 bridgehead atoms. The molecule has 2 heterocycles. The number of amides is 1. The van der Waals surface area contributed by atoms with Crippen LogP contribution in [0.4, 0.5) is 0 Å². The van der Waals surface area contributed by atoms with E-state index in [1.54, 1.807) is 13.8 Å². The zero-order chi connectivity index (χ0) is 33.2. The fraction of sp³-hybridized carbons (Fsp3) is 0.588. The molecule has 0 saturated carbocycles. The maximum Gasteiger partial charge on any atom is 0.367 e. The number of esters is 1. The highest BCUT2D eigenvalue weighted by molar-refractivity contribution is 6.74. The molecule has 2 N–H and O–H groups in total. The van der Waals surface area contributed by atoms with Crippen LogP contribution < -0.4 is 5.32 Å². The predicted molar refractivity (Wildman–Crippen MR) is 171 cm³/mol. The first-order chi connectivity index (χ1) is 21.0. The van der Waals surface area contributed by atoms with Gasteiger partial charge in [0, 0.05) is 20.5 Å². The van der Waals surface area contributed by atoms with Gasteiger partial charge >= 0.3 is 5.97 Å². The quantitative estimate of drug-likeness (QED) is 0.276. The van der Waals surface area contributed by atoms with E-state index in [2.05, 4.69) is 39.2 Å². The Kier molecular flexibility index (Phi) is 10.6. The van der Waals surface area contributed by atoms with Gasteiger partial charge in [0.15, 0.2) is 20.2 Å². The molecule has 11 heteroatoms. The Morgan fingerprint density at radius 2 is 1.56 bits per heavy atom. The van der Waals surface area contributed by atoms with E-state index >= 15 is 0 Å². The molecule has 1 amide bonds. The number of hydrogen-bond acceptors (Lipinski definition) is 9. The largest absolute Gasteiger partial charge is 0.449 e. The summed E-state index contributed by atoms with van der Waals surface area (Å²) in [5.74, 6) is -4.04. The number of nitrogens with one attached hydrogen (secondary N) is 1. The van der Waals surface area contributed by atoms with Crippen molar-refractivity contribution in [3.8, 4) is 0 Å². The van der Waals surface area contributed by atoms with E-state index in [4.69, 9.17) is 28.1 Å². The lowest BCUT2D eigenvalue weighted by molar-refractivity contribution is -0.306. The summed E-state index contributed by atoms with van der Waals surface area (Å²) in [6, 6.07) is 18.0. The zero-order valence-corrected chi connectivity index (χ0v) is 28.9. The number of aliphatic hydroxyl groups is 1. The van der Waals surface area contributed by atoms with Gasteiger partial charge in [-0.1, -0.05) is 81.4 Å². The van der Waals surface area contributed by atoms with Crippen LogP contribution in [0.3, 0.4) is 0 Å². The third-order valence-corrected chi connectivity index (χ3v) is 13.5. The predicted octanol–water partition coefficient (Wildman–Crippen LogP) is 4.86. The molecule has 0 aliphatic carbocycles. The number of methoxy groups -OCH3 is 1. The molecule has 248 valence electrons. The van der Waals surface area contributed by atoms with Gasteiger partial charge in [-0.2, -0.15) is 0 Å². The molecule has 2 fully saturated rings. The molecule has 10 nitrogen and oxygen atoms in total. The van der Waals surface area contributed by atoms with Crippen LogP contribution in [0.25, 0.3) is 0 Å². The van der Waals surface area contributed by atoms with Crippen LogP contribution >= 0.6 is 0 Å². The minimum absolute atomic E-state index is 0.0864. The number of carbonyl (C=O) groups excluding carboxylic acids is 2. The Morgan fingerprint density at radius 3 is 2.00 bits per heavy atom. The second-order valence-corrected chi connectivity index (χ2v) is 18.6. The molecule has 45 heavy (non-hydrogen) atoms. The van der Waals surface area contributed by atoms with Gasteiger partial charge in [0.1, 0.15) is 18.3 Å². The highest BCUT2D eigenvalue weighted by Gasteiger charge is 2.59. The second kappa shape index (κ2) is 13.6. The standard InChI is InChI=1S/C34H49NO9Si/c1-22(36)35-27-25(44-45(8,9)32(2,3)4)20-34(39-7,43-30(27)28(37)26-21-40-33(5,6)42-26)31(38)41-29(23-16-12-10-13-17-23)24-18-14-11-15-19-24/h10-19,25-30,37H,20-21H2,1-9H3,(H,35,36)/t25-,26+,27+,28+,30+,34-/m0/s1. The van der Waals surface area contributed by atoms with Gasteiger partial charge in [0.2, 0.25) is 5.91 Å². The van der Waals surface area contributed by atoms with Crippen molar-refractivity contribution in [2.45, 2.75) is 114 Å². The number of benzene rings is 2. The third kappa shape index (κ3) is 8.02. The summed E-state index contributed by atoms with van der Waals surface area (Å²) >= 11 is 0. The molecular weight excluding hydrogens is 594 g/mol. The van der Waals surface area contributed by atoms with Gasteiger partial charge in [-0.05, 0) is 43.1 Å². The van der Waals surface area contributed by atoms with E-state index < -0.39 is 62.4 Å². The molecule has 2 saturated heterocycles. The summed E-state index contributed by atoms with van der Waals surface area (Å²) in [6.07, 6.45) is -4.95. The minimum atomic E-state index is -2.50. The van der Waals surface area contributed by atoms with Crippen molar-refractivity contribution in [3.05, 3.63) is 71.8 Å². The molecule has 2 aromatic carbocycles. The van der Waals surface area contributed by atoms with Crippen molar-refractivity contribution in [1.29, 1.82) is 0 Å². The topological polar surface area (TPSA) is 122 Å². The molecule has 0 radical (unpaired) electrons. The number of ether oxygens (including phenoxy) is 5. The van der Waals surface area contributed by atoms with E-state index in [-0.39, 0.29) is 24.0 Å². The van der Waals surface area contributed by atoms with E-state index in [0.717, 1.165) is 11.1 Å². The van der Waals surface area contributed by atoms with Gasteiger partial charge in [0.25, 0.3) is 5.79 Å². The van der Waals surface area contributed by atoms with Gasteiger partial charge in [-0.3, -0.25) is 4.79 Å². The Labute approximate surface area is 267 Å². The smallest absolute Gasteiger partial charge is 0.367 e. The van der Waals surface area contributed by atoms with Crippen molar-refractivity contribution in [2.75, 3.05) is 13.7 Å². The average molecular weight is 644 g/mol. The van der Waals surface area contributed by atoms with E-state index in [0.29, 0.717) is 0 Å². The lowest BCUT2D eigenvalue weighted by Crippen LogP contribution is -2.69. The van der Waals surface area contributed by atoms with Gasteiger partial charge in [-0.25, -0.2) is 4.79 Å². The maximum absolute atomic E-state index is 14.4. The first-order valence-corrected chi connectivity index (χ1v) is 18.4. The van der Waals surface area contributed by atoms with Crippen LogP contribution in [-0.2, 0) is 37.7 Å². The molecule has 2 aliphatic heterocycles. The Hall–Kier alpha value is -2.64.